The summed E-state index contributed by atoms with van der Waals surface area (Å²) in [5.74, 6) is 0.0236. The van der Waals surface area contributed by atoms with E-state index in [0.717, 1.165) is 25.7 Å². The van der Waals surface area contributed by atoms with Crippen molar-refractivity contribution in [1.29, 1.82) is 0 Å². The maximum absolute atomic E-state index is 13.7. The van der Waals surface area contributed by atoms with E-state index in [1.165, 1.54) is 0 Å². The molecule has 0 aliphatic carbocycles. The Labute approximate surface area is 215 Å². The fraction of sp³-hybridized carbons (Fsp3) is 0.533. The van der Waals surface area contributed by atoms with Crippen molar-refractivity contribution < 1.29 is 19.1 Å². The van der Waals surface area contributed by atoms with E-state index < -0.39 is 0 Å². The van der Waals surface area contributed by atoms with Gasteiger partial charge in [-0.3, -0.25) is 9.59 Å². The van der Waals surface area contributed by atoms with E-state index >= 15 is 0 Å². The van der Waals surface area contributed by atoms with Crippen LogP contribution >= 0.6 is 0 Å². The molecule has 36 heavy (non-hydrogen) atoms. The Morgan fingerprint density at radius 3 is 1.39 bits per heavy atom. The Morgan fingerprint density at radius 1 is 0.694 bits per heavy atom. The normalized spacial score (nSPS) is 23.0. The zero-order valence-electron chi connectivity index (χ0n) is 22.1. The highest BCUT2D eigenvalue weighted by Crippen LogP contribution is 2.30. The van der Waals surface area contributed by atoms with Gasteiger partial charge in [-0.1, -0.05) is 36.4 Å². The van der Waals surface area contributed by atoms with Gasteiger partial charge in [0.2, 0.25) is 0 Å². The Bertz CT molecular complexity index is 938. The number of nitrogens with zero attached hydrogens (tertiary/aromatic N) is 2. The molecule has 0 aromatic heterocycles. The van der Waals surface area contributed by atoms with Crippen LogP contribution in [-0.4, -0.2) is 71.2 Å². The summed E-state index contributed by atoms with van der Waals surface area (Å²) >= 11 is 0. The topological polar surface area (TPSA) is 59.1 Å². The molecule has 2 aromatic carbocycles. The van der Waals surface area contributed by atoms with Crippen molar-refractivity contribution in [2.45, 2.75) is 76.7 Å². The first-order valence-electron chi connectivity index (χ1n) is 13.2. The molecule has 2 aromatic rings. The lowest BCUT2D eigenvalue weighted by Crippen LogP contribution is -2.54. The highest BCUT2D eigenvalue weighted by Gasteiger charge is 2.37. The van der Waals surface area contributed by atoms with E-state index in [4.69, 9.17) is 9.47 Å². The van der Waals surface area contributed by atoms with E-state index in [2.05, 4.69) is 27.7 Å². The fourth-order valence-electron chi connectivity index (χ4n) is 5.54. The second-order valence-corrected chi connectivity index (χ2v) is 11.2. The maximum atomic E-state index is 13.7. The minimum absolute atomic E-state index is 0.0118. The van der Waals surface area contributed by atoms with Crippen molar-refractivity contribution in [3.63, 3.8) is 0 Å². The summed E-state index contributed by atoms with van der Waals surface area (Å²) < 4.78 is 11.9. The summed E-state index contributed by atoms with van der Waals surface area (Å²) in [6.45, 7) is 10.5. The number of hydrogen-bond acceptors (Lipinski definition) is 4. The van der Waals surface area contributed by atoms with Crippen molar-refractivity contribution in [1.82, 2.24) is 9.80 Å². The SMILES string of the molecule is CC1(C)CC(N(CCN(C(=O)c2ccccc2)C2CCOC(C)(C)C2)C(=O)c2ccccc2)CCO1. The molecule has 0 radical (unpaired) electrons. The summed E-state index contributed by atoms with van der Waals surface area (Å²) in [5.41, 5.74) is 0.773. The molecule has 2 unspecified atom stereocenters. The van der Waals surface area contributed by atoms with E-state index in [-0.39, 0.29) is 35.1 Å². The van der Waals surface area contributed by atoms with Crippen LogP contribution in [0.5, 0.6) is 0 Å². The van der Waals surface area contributed by atoms with Gasteiger partial charge in [0.25, 0.3) is 11.8 Å². The zero-order chi connectivity index (χ0) is 25.8. The molecule has 2 atom stereocenters. The molecule has 0 bridgehead atoms. The van der Waals surface area contributed by atoms with Gasteiger partial charge in [-0.15, -0.1) is 0 Å². The molecule has 0 N–H and O–H groups in total. The van der Waals surface area contributed by atoms with Gasteiger partial charge >= 0.3 is 0 Å². The van der Waals surface area contributed by atoms with Crippen molar-refractivity contribution >= 4 is 11.8 Å². The summed E-state index contributed by atoms with van der Waals surface area (Å²) in [6, 6.07) is 19.0. The molecule has 2 aliphatic rings. The first kappa shape index (κ1) is 26.4. The van der Waals surface area contributed by atoms with Crippen LogP contribution in [0.4, 0.5) is 0 Å². The van der Waals surface area contributed by atoms with Gasteiger partial charge in [0.1, 0.15) is 0 Å². The van der Waals surface area contributed by atoms with E-state index in [0.29, 0.717) is 37.4 Å². The van der Waals surface area contributed by atoms with Gasteiger partial charge in [-0.05, 0) is 77.6 Å². The molecule has 6 nitrogen and oxygen atoms in total. The minimum atomic E-state index is -0.289. The van der Waals surface area contributed by atoms with Gasteiger partial charge in [-0.2, -0.15) is 0 Å². The number of carbonyl (C=O) groups is 2. The van der Waals surface area contributed by atoms with Crippen LogP contribution in [-0.2, 0) is 9.47 Å². The van der Waals surface area contributed by atoms with Crippen molar-refractivity contribution in [3.8, 4) is 0 Å². The Hall–Kier alpha value is -2.70. The quantitative estimate of drug-likeness (QED) is 0.534. The predicted molar refractivity (Wildman–Crippen MR) is 141 cm³/mol. The van der Waals surface area contributed by atoms with Crippen molar-refractivity contribution in [2.24, 2.45) is 0 Å². The van der Waals surface area contributed by atoms with Crippen LogP contribution in [0, 0.1) is 0 Å². The second-order valence-electron chi connectivity index (χ2n) is 11.2. The third-order valence-corrected chi connectivity index (χ3v) is 7.37. The largest absolute Gasteiger partial charge is 0.375 e. The lowest BCUT2D eigenvalue weighted by Gasteiger charge is -2.44. The number of hydrogen-bond donors (Lipinski definition) is 0. The van der Waals surface area contributed by atoms with Crippen LogP contribution < -0.4 is 0 Å². The number of rotatable bonds is 7. The monoisotopic (exact) mass is 492 g/mol. The molecule has 2 fully saturated rings. The molecule has 4 rings (SSSR count). The average molecular weight is 493 g/mol. The first-order chi connectivity index (χ1) is 17.2. The van der Waals surface area contributed by atoms with Gasteiger partial charge < -0.3 is 19.3 Å². The summed E-state index contributed by atoms with van der Waals surface area (Å²) in [4.78, 5) is 31.5. The van der Waals surface area contributed by atoms with Crippen LogP contribution in [0.3, 0.4) is 0 Å². The summed E-state index contributed by atoms with van der Waals surface area (Å²) in [6.07, 6.45) is 3.11. The molecule has 2 saturated heterocycles. The molecule has 0 saturated carbocycles. The van der Waals surface area contributed by atoms with Crippen LogP contribution in [0.2, 0.25) is 0 Å². The van der Waals surface area contributed by atoms with Crippen LogP contribution in [0.15, 0.2) is 60.7 Å². The van der Waals surface area contributed by atoms with E-state index in [1.807, 2.05) is 70.5 Å². The molecule has 2 aliphatic heterocycles. The van der Waals surface area contributed by atoms with E-state index in [9.17, 15) is 9.59 Å². The standard InChI is InChI=1S/C30H40N2O4/c1-29(2)21-25(15-19-35-29)31(27(33)23-11-7-5-8-12-23)17-18-32(26-16-20-36-30(3,4)22-26)28(34)24-13-9-6-10-14-24/h5-14,25-26H,15-22H2,1-4H3. The Morgan fingerprint density at radius 2 is 1.06 bits per heavy atom. The zero-order valence-corrected chi connectivity index (χ0v) is 22.1. The smallest absolute Gasteiger partial charge is 0.254 e. The van der Waals surface area contributed by atoms with Crippen LogP contribution in [0.1, 0.15) is 74.1 Å². The van der Waals surface area contributed by atoms with E-state index in [1.54, 1.807) is 0 Å². The lowest BCUT2D eigenvalue weighted by atomic mass is 9.91. The Kier molecular flexibility index (Phi) is 8.16. The van der Waals surface area contributed by atoms with Gasteiger partial charge in [0.05, 0.1) is 11.2 Å². The second kappa shape index (κ2) is 11.1. The highest BCUT2D eigenvalue weighted by atomic mass is 16.5. The number of amides is 2. The average Bonchev–Trinajstić information content (AvgIpc) is 2.86. The third-order valence-electron chi connectivity index (χ3n) is 7.37. The van der Waals surface area contributed by atoms with Crippen LogP contribution in [0.25, 0.3) is 0 Å². The highest BCUT2D eigenvalue weighted by molar-refractivity contribution is 5.95. The predicted octanol–water partition coefficient (Wildman–Crippen LogP) is 5.19. The van der Waals surface area contributed by atoms with Gasteiger partial charge in [-0.25, -0.2) is 0 Å². The molecule has 194 valence electrons. The molecular weight excluding hydrogens is 452 g/mol. The number of carbonyl (C=O) groups excluding carboxylic acids is 2. The third kappa shape index (κ3) is 6.54. The maximum Gasteiger partial charge on any atom is 0.254 e. The van der Waals surface area contributed by atoms with Gasteiger partial charge in [0.15, 0.2) is 0 Å². The summed E-state index contributed by atoms with van der Waals surface area (Å²) in [5, 5.41) is 0. The first-order valence-corrected chi connectivity index (χ1v) is 13.2. The Balaban J connectivity index is 1.60. The molecule has 2 amide bonds. The fourth-order valence-corrected chi connectivity index (χ4v) is 5.54. The summed E-state index contributed by atoms with van der Waals surface area (Å²) in [7, 11) is 0. The molecule has 2 heterocycles. The molecular formula is C30H40N2O4. The lowest BCUT2D eigenvalue weighted by molar-refractivity contribution is -0.0848. The van der Waals surface area contributed by atoms with Gasteiger partial charge in [0, 0.05) is 49.5 Å². The van der Waals surface area contributed by atoms with Crippen molar-refractivity contribution in [2.75, 3.05) is 26.3 Å². The number of ether oxygens (including phenoxy) is 2. The number of benzene rings is 2. The minimum Gasteiger partial charge on any atom is -0.375 e. The van der Waals surface area contributed by atoms with Crippen molar-refractivity contribution in [3.05, 3.63) is 71.8 Å². The molecule has 0 spiro atoms. The molecule has 6 heteroatoms.